The van der Waals surface area contributed by atoms with Crippen LogP contribution < -0.4 is 14.8 Å². The molecule has 0 saturated carbocycles. The molecule has 1 aliphatic rings. The Kier molecular flexibility index (Phi) is 7.42. The molecular formula is C18H23N3O5S. The molecule has 1 heterocycles. The van der Waals surface area contributed by atoms with Crippen LogP contribution in [0.1, 0.15) is 12.0 Å². The Morgan fingerprint density at radius 3 is 2.59 bits per heavy atom. The summed E-state index contributed by atoms with van der Waals surface area (Å²) in [4.78, 5) is 23.9. The van der Waals surface area contributed by atoms with Gasteiger partial charge >= 0.3 is 5.97 Å². The van der Waals surface area contributed by atoms with Gasteiger partial charge in [-0.3, -0.25) is 14.6 Å². The van der Waals surface area contributed by atoms with Gasteiger partial charge in [0, 0.05) is 24.7 Å². The van der Waals surface area contributed by atoms with E-state index in [9.17, 15) is 9.59 Å². The number of carbonyl (C=O) groups excluding carboxylic acids is 2. The highest BCUT2D eigenvalue weighted by Crippen LogP contribution is 2.25. The van der Waals surface area contributed by atoms with Crippen molar-refractivity contribution in [3.8, 4) is 11.5 Å². The van der Waals surface area contributed by atoms with Gasteiger partial charge in [-0.25, -0.2) is 5.01 Å². The molecule has 0 aromatic heterocycles. The van der Waals surface area contributed by atoms with Crippen molar-refractivity contribution < 1.29 is 23.8 Å². The molecular weight excluding hydrogens is 370 g/mol. The molecule has 1 aromatic carbocycles. The van der Waals surface area contributed by atoms with Crippen LogP contribution in [0.2, 0.25) is 0 Å². The van der Waals surface area contributed by atoms with Gasteiger partial charge in [-0.05, 0) is 42.9 Å². The number of rotatable bonds is 6. The molecule has 8 nitrogen and oxygen atoms in total. The minimum atomic E-state index is -0.431. The number of carbonyl (C=O) groups is 2. The molecule has 0 spiro atoms. The maximum atomic E-state index is 12.6. The monoisotopic (exact) mass is 393 g/mol. The van der Waals surface area contributed by atoms with Crippen LogP contribution in [0, 0.1) is 0 Å². The maximum Gasteiger partial charge on any atom is 0.325 e. The quantitative estimate of drug-likeness (QED) is 0.439. The van der Waals surface area contributed by atoms with E-state index in [1.807, 2.05) is 0 Å². The Hall–Kier alpha value is -2.81. The molecule has 1 N–H and O–H groups in total. The second-order valence-corrected chi connectivity index (χ2v) is 6.00. The summed E-state index contributed by atoms with van der Waals surface area (Å²) in [6.45, 7) is 1.08. The fourth-order valence-electron chi connectivity index (χ4n) is 2.58. The lowest BCUT2D eigenvalue weighted by molar-refractivity contribution is -0.139. The van der Waals surface area contributed by atoms with Gasteiger partial charge in [-0.1, -0.05) is 0 Å². The highest BCUT2D eigenvalue weighted by atomic mass is 32.1. The number of esters is 1. The number of ether oxygens (including phenoxy) is 3. The largest absolute Gasteiger partial charge is 0.497 e. The zero-order valence-corrected chi connectivity index (χ0v) is 16.4. The van der Waals surface area contributed by atoms with Crippen LogP contribution >= 0.6 is 12.2 Å². The number of hydrogen-bond acceptors (Lipinski definition) is 6. The molecule has 0 radical (unpaired) electrons. The number of thiocarbonyl (C=S) groups is 1. The average Bonchev–Trinajstić information content (AvgIpc) is 3.19. The van der Waals surface area contributed by atoms with Crippen molar-refractivity contribution in [3.63, 3.8) is 0 Å². The van der Waals surface area contributed by atoms with E-state index in [0.29, 0.717) is 29.7 Å². The summed E-state index contributed by atoms with van der Waals surface area (Å²) in [6, 6.07) is 5.34. The first kappa shape index (κ1) is 20.5. The molecule has 0 bridgehead atoms. The van der Waals surface area contributed by atoms with Gasteiger partial charge in [0.2, 0.25) is 0 Å². The molecule has 1 aliphatic heterocycles. The number of benzene rings is 1. The Balaban J connectivity index is 2.07. The van der Waals surface area contributed by atoms with Crippen LogP contribution in [-0.2, 0) is 14.3 Å². The summed E-state index contributed by atoms with van der Waals surface area (Å²) in [6.07, 6.45) is 3.91. The van der Waals surface area contributed by atoms with Gasteiger partial charge in [0.15, 0.2) is 5.11 Å². The number of hydrazine groups is 1. The molecule has 9 heteroatoms. The molecule has 0 unspecified atom stereocenters. The highest BCUT2D eigenvalue weighted by Gasteiger charge is 2.27. The Bertz CT molecular complexity index is 738. The third kappa shape index (κ3) is 5.33. The summed E-state index contributed by atoms with van der Waals surface area (Å²) in [7, 11) is 4.44. The fraction of sp³-hybridized carbons (Fsp3) is 0.389. The zero-order chi connectivity index (χ0) is 19.8. The van der Waals surface area contributed by atoms with Crippen LogP contribution in [0.15, 0.2) is 24.3 Å². The second-order valence-electron chi connectivity index (χ2n) is 5.61. The molecule has 2 rings (SSSR count). The summed E-state index contributed by atoms with van der Waals surface area (Å²) in [5.74, 6) is 0.645. The van der Waals surface area contributed by atoms with E-state index in [0.717, 1.165) is 12.0 Å². The Labute approximate surface area is 163 Å². The van der Waals surface area contributed by atoms with Crippen LogP contribution in [0.5, 0.6) is 11.5 Å². The first-order chi connectivity index (χ1) is 13.0. The van der Waals surface area contributed by atoms with Crippen molar-refractivity contribution in [2.75, 3.05) is 41.0 Å². The van der Waals surface area contributed by atoms with E-state index in [-0.39, 0.29) is 12.5 Å². The van der Waals surface area contributed by atoms with Crippen LogP contribution in [0.25, 0.3) is 6.08 Å². The van der Waals surface area contributed by atoms with Gasteiger partial charge in [0.1, 0.15) is 18.0 Å². The van der Waals surface area contributed by atoms with Crippen molar-refractivity contribution in [2.24, 2.45) is 0 Å². The van der Waals surface area contributed by atoms with Gasteiger partial charge in [0.25, 0.3) is 5.91 Å². The summed E-state index contributed by atoms with van der Waals surface area (Å²) >= 11 is 5.28. The lowest BCUT2D eigenvalue weighted by Crippen LogP contribution is -2.49. The highest BCUT2D eigenvalue weighted by molar-refractivity contribution is 7.80. The smallest absolute Gasteiger partial charge is 0.325 e. The first-order valence-corrected chi connectivity index (χ1v) is 8.74. The predicted octanol–water partition coefficient (Wildman–Crippen LogP) is 1.21. The number of hydrogen-bond donors (Lipinski definition) is 1. The van der Waals surface area contributed by atoms with E-state index in [2.05, 4.69) is 10.1 Å². The van der Waals surface area contributed by atoms with Gasteiger partial charge in [0.05, 0.1) is 21.3 Å². The standard InChI is InChI=1S/C18H23N3O5S/c1-24-14-6-7-15(25-2)13(11-14)5-8-16(22)20-9-4-10-21(20)18(27)19-12-17(23)26-3/h5-8,11H,4,9-10,12H2,1-3H3,(H,19,27)/b8-5+. The third-order valence-electron chi connectivity index (χ3n) is 3.97. The third-order valence-corrected chi connectivity index (χ3v) is 4.33. The SMILES string of the molecule is COC(=O)CNC(=S)N1CCCN1C(=O)/C=C/c1cc(OC)ccc1OC. The van der Waals surface area contributed by atoms with Crippen molar-refractivity contribution in [2.45, 2.75) is 6.42 Å². The minimum absolute atomic E-state index is 0.0509. The second kappa shape index (κ2) is 9.77. The van der Waals surface area contributed by atoms with Gasteiger partial charge in [-0.15, -0.1) is 0 Å². The molecule has 0 atom stereocenters. The number of amides is 1. The van der Waals surface area contributed by atoms with Gasteiger partial charge in [-0.2, -0.15) is 0 Å². The summed E-state index contributed by atoms with van der Waals surface area (Å²) in [5.41, 5.74) is 0.724. The molecule has 1 fully saturated rings. The molecule has 27 heavy (non-hydrogen) atoms. The van der Waals surface area contributed by atoms with Crippen molar-refractivity contribution in [1.82, 2.24) is 15.3 Å². The zero-order valence-electron chi connectivity index (χ0n) is 15.6. The van der Waals surface area contributed by atoms with E-state index in [1.165, 1.54) is 18.2 Å². The Morgan fingerprint density at radius 1 is 1.19 bits per heavy atom. The van der Waals surface area contributed by atoms with Crippen LogP contribution in [0.4, 0.5) is 0 Å². The summed E-state index contributed by atoms with van der Waals surface area (Å²) in [5, 5.41) is 6.28. The van der Waals surface area contributed by atoms with Crippen molar-refractivity contribution in [3.05, 3.63) is 29.8 Å². The van der Waals surface area contributed by atoms with E-state index < -0.39 is 5.97 Å². The maximum absolute atomic E-state index is 12.6. The molecule has 0 aliphatic carbocycles. The number of nitrogens with one attached hydrogen (secondary N) is 1. The van der Waals surface area contributed by atoms with E-state index >= 15 is 0 Å². The van der Waals surface area contributed by atoms with Crippen molar-refractivity contribution >= 4 is 35.3 Å². The lowest BCUT2D eigenvalue weighted by Gasteiger charge is -2.29. The molecule has 1 saturated heterocycles. The van der Waals surface area contributed by atoms with E-state index in [1.54, 1.807) is 43.5 Å². The van der Waals surface area contributed by atoms with Gasteiger partial charge < -0.3 is 19.5 Å². The predicted molar refractivity (Wildman–Crippen MR) is 104 cm³/mol. The minimum Gasteiger partial charge on any atom is -0.497 e. The summed E-state index contributed by atoms with van der Waals surface area (Å²) < 4.78 is 15.1. The van der Waals surface area contributed by atoms with Crippen LogP contribution in [0.3, 0.4) is 0 Å². The molecule has 146 valence electrons. The molecule has 1 aromatic rings. The first-order valence-electron chi connectivity index (χ1n) is 8.33. The topological polar surface area (TPSA) is 80.3 Å². The lowest BCUT2D eigenvalue weighted by atomic mass is 10.1. The fourth-order valence-corrected chi connectivity index (χ4v) is 2.84. The number of methoxy groups -OCH3 is 3. The molecule has 1 amide bonds. The average molecular weight is 393 g/mol. The number of nitrogens with zero attached hydrogens (tertiary/aromatic N) is 2. The normalized spacial score (nSPS) is 13.6. The van der Waals surface area contributed by atoms with E-state index in [4.69, 9.17) is 21.7 Å². The van der Waals surface area contributed by atoms with Crippen LogP contribution in [-0.4, -0.2) is 68.0 Å². The van der Waals surface area contributed by atoms with Crippen molar-refractivity contribution in [1.29, 1.82) is 0 Å². The Morgan fingerprint density at radius 2 is 1.93 bits per heavy atom.